The monoisotopic (exact) mass is 474 g/mol. The standard InChI is InChI=1S/C18H13ClF2N2O5S2/c19-11-3-1-4-12(9-11)22-29(25,26)13-7-8-17(24)16(10-13)23-30(27,28)18-14(20)5-2-6-15(18)21/h1-10,22-24H. The third-order valence-electron chi connectivity index (χ3n) is 3.79. The SMILES string of the molecule is O=S(=O)(Nc1cccc(Cl)c1)c1ccc(O)c(NS(=O)(=O)c2c(F)cccc2F)c1. The largest absolute Gasteiger partial charge is 0.506 e. The van der Waals surface area contributed by atoms with Crippen molar-refractivity contribution in [3.63, 3.8) is 0 Å². The molecule has 0 aliphatic carbocycles. The highest BCUT2D eigenvalue weighted by Crippen LogP contribution is 2.31. The maximum Gasteiger partial charge on any atom is 0.267 e. The Balaban J connectivity index is 1.97. The fourth-order valence-corrected chi connectivity index (χ4v) is 4.94. The van der Waals surface area contributed by atoms with Gasteiger partial charge in [0.1, 0.15) is 17.4 Å². The van der Waals surface area contributed by atoms with Crippen LogP contribution in [0.1, 0.15) is 0 Å². The summed E-state index contributed by atoms with van der Waals surface area (Å²) < 4.78 is 81.7. The molecule has 0 bridgehead atoms. The number of anilines is 2. The van der Waals surface area contributed by atoms with Crippen LogP contribution in [0.5, 0.6) is 5.75 Å². The van der Waals surface area contributed by atoms with Crippen molar-refractivity contribution in [2.24, 2.45) is 0 Å². The number of halogens is 3. The van der Waals surface area contributed by atoms with E-state index in [0.717, 1.165) is 36.4 Å². The number of phenolic OH excluding ortho intramolecular Hbond substituents is 1. The van der Waals surface area contributed by atoms with E-state index >= 15 is 0 Å². The van der Waals surface area contributed by atoms with Crippen LogP contribution in [0.25, 0.3) is 0 Å². The molecular weight excluding hydrogens is 462 g/mol. The summed E-state index contributed by atoms with van der Waals surface area (Å²) in [5.74, 6) is -3.36. The van der Waals surface area contributed by atoms with Gasteiger partial charge in [-0.05, 0) is 48.5 Å². The molecule has 0 saturated heterocycles. The first-order valence-corrected chi connectivity index (χ1v) is 11.4. The number of sulfonamides is 2. The second-order valence-electron chi connectivity index (χ2n) is 5.95. The van der Waals surface area contributed by atoms with E-state index < -0.39 is 52.9 Å². The number of aromatic hydroxyl groups is 1. The van der Waals surface area contributed by atoms with Crippen LogP contribution in [0.15, 0.2) is 70.5 Å². The lowest BCUT2D eigenvalue weighted by atomic mass is 10.3. The third-order valence-corrected chi connectivity index (χ3v) is 6.82. The summed E-state index contributed by atoms with van der Waals surface area (Å²) in [7, 11) is -9.03. The number of benzene rings is 3. The van der Waals surface area contributed by atoms with Crippen molar-refractivity contribution in [3.8, 4) is 5.75 Å². The Labute approximate surface area is 176 Å². The van der Waals surface area contributed by atoms with Gasteiger partial charge in [-0.2, -0.15) is 0 Å². The topological polar surface area (TPSA) is 113 Å². The van der Waals surface area contributed by atoms with Crippen molar-refractivity contribution in [2.45, 2.75) is 9.79 Å². The van der Waals surface area contributed by atoms with E-state index in [9.17, 15) is 30.7 Å². The molecule has 7 nitrogen and oxygen atoms in total. The van der Waals surface area contributed by atoms with Crippen LogP contribution in [0, 0.1) is 11.6 Å². The molecule has 12 heteroatoms. The van der Waals surface area contributed by atoms with E-state index in [2.05, 4.69) is 4.72 Å². The summed E-state index contributed by atoms with van der Waals surface area (Å²) in [5, 5.41) is 10.2. The molecule has 0 saturated carbocycles. The fraction of sp³-hybridized carbons (Fsp3) is 0. The normalized spacial score (nSPS) is 11.8. The highest BCUT2D eigenvalue weighted by Gasteiger charge is 2.26. The molecule has 30 heavy (non-hydrogen) atoms. The smallest absolute Gasteiger partial charge is 0.267 e. The maximum atomic E-state index is 13.9. The summed E-state index contributed by atoms with van der Waals surface area (Å²) in [6.07, 6.45) is 0. The molecule has 3 rings (SSSR count). The number of hydrogen-bond donors (Lipinski definition) is 3. The molecule has 0 amide bonds. The highest BCUT2D eigenvalue weighted by molar-refractivity contribution is 7.93. The molecule has 3 aromatic rings. The summed E-state index contributed by atoms with van der Waals surface area (Å²) in [5.41, 5.74) is -0.447. The Morgan fingerprint density at radius 2 is 1.43 bits per heavy atom. The Bertz CT molecular complexity index is 1310. The van der Waals surface area contributed by atoms with Gasteiger partial charge in [-0.1, -0.05) is 23.7 Å². The number of phenols is 1. The van der Waals surface area contributed by atoms with Gasteiger partial charge in [0.25, 0.3) is 20.0 Å². The zero-order valence-corrected chi connectivity index (χ0v) is 17.2. The average Bonchev–Trinajstić information content (AvgIpc) is 2.62. The Morgan fingerprint density at radius 1 is 0.800 bits per heavy atom. The number of nitrogens with one attached hydrogen (secondary N) is 2. The van der Waals surface area contributed by atoms with Gasteiger partial charge in [-0.15, -0.1) is 0 Å². The van der Waals surface area contributed by atoms with Gasteiger partial charge >= 0.3 is 0 Å². The Hall–Kier alpha value is -2.89. The van der Waals surface area contributed by atoms with Gasteiger partial charge < -0.3 is 5.11 Å². The van der Waals surface area contributed by atoms with Crippen molar-refractivity contribution >= 4 is 43.0 Å². The van der Waals surface area contributed by atoms with Crippen LogP contribution in [-0.2, 0) is 20.0 Å². The minimum Gasteiger partial charge on any atom is -0.506 e. The third kappa shape index (κ3) is 4.64. The molecule has 0 aromatic heterocycles. The molecule has 0 fully saturated rings. The number of hydrogen-bond acceptors (Lipinski definition) is 5. The first kappa shape index (κ1) is 21.8. The summed E-state index contributed by atoms with van der Waals surface area (Å²) in [6, 6.07) is 11.0. The predicted octanol–water partition coefficient (Wildman–Crippen LogP) is 3.93. The first-order chi connectivity index (χ1) is 14.0. The molecule has 0 spiro atoms. The molecule has 0 aliphatic rings. The van der Waals surface area contributed by atoms with Gasteiger partial charge in [-0.3, -0.25) is 9.44 Å². The van der Waals surface area contributed by atoms with E-state index in [1.807, 2.05) is 0 Å². The van der Waals surface area contributed by atoms with Crippen LogP contribution in [-0.4, -0.2) is 21.9 Å². The van der Waals surface area contributed by atoms with Gasteiger partial charge in [0.05, 0.1) is 16.3 Å². The van der Waals surface area contributed by atoms with Crippen molar-refractivity contribution in [1.29, 1.82) is 0 Å². The molecule has 0 radical (unpaired) electrons. The summed E-state index contributed by atoms with van der Waals surface area (Å²) >= 11 is 5.82. The Morgan fingerprint density at radius 3 is 2.07 bits per heavy atom. The lowest BCUT2D eigenvalue weighted by Crippen LogP contribution is -2.17. The molecule has 0 atom stereocenters. The van der Waals surface area contributed by atoms with Crippen LogP contribution in [0.2, 0.25) is 5.02 Å². The van der Waals surface area contributed by atoms with Crippen LogP contribution < -0.4 is 9.44 Å². The molecule has 3 N–H and O–H groups in total. The van der Waals surface area contributed by atoms with Crippen molar-refractivity contribution in [2.75, 3.05) is 9.44 Å². The number of rotatable bonds is 6. The summed E-state index contributed by atoms with van der Waals surface area (Å²) in [6.45, 7) is 0. The molecule has 158 valence electrons. The van der Waals surface area contributed by atoms with E-state index in [0.29, 0.717) is 0 Å². The lowest BCUT2D eigenvalue weighted by Gasteiger charge is -2.13. The summed E-state index contributed by atoms with van der Waals surface area (Å²) in [4.78, 5) is -1.69. The van der Waals surface area contributed by atoms with Crippen molar-refractivity contribution < 1.29 is 30.7 Å². The van der Waals surface area contributed by atoms with Crippen LogP contribution in [0.4, 0.5) is 20.2 Å². The van der Waals surface area contributed by atoms with Gasteiger partial charge in [0.2, 0.25) is 0 Å². The highest BCUT2D eigenvalue weighted by atomic mass is 35.5. The quantitative estimate of drug-likeness (QED) is 0.469. The lowest BCUT2D eigenvalue weighted by molar-refractivity contribution is 0.477. The van der Waals surface area contributed by atoms with Crippen LogP contribution >= 0.6 is 11.6 Å². The van der Waals surface area contributed by atoms with Crippen molar-refractivity contribution in [3.05, 3.63) is 77.3 Å². The zero-order valence-electron chi connectivity index (χ0n) is 14.8. The minimum atomic E-state index is -4.82. The second kappa shape index (κ2) is 8.09. The van der Waals surface area contributed by atoms with Gasteiger partial charge in [-0.25, -0.2) is 25.6 Å². The van der Waals surface area contributed by atoms with E-state index in [4.69, 9.17) is 11.6 Å². The average molecular weight is 475 g/mol. The van der Waals surface area contributed by atoms with E-state index in [1.165, 1.54) is 24.3 Å². The van der Waals surface area contributed by atoms with Crippen molar-refractivity contribution in [1.82, 2.24) is 0 Å². The first-order valence-electron chi connectivity index (χ1n) is 8.08. The molecule has 0 aliphatic heterocycles. The zero-order chi connectivity index (χ0) is 22.1. The van der Waals surface area contributed by atoms with E-state index in [1.54, 1.807) is 4.72 Å². The maximum absolute atomic E-state index is 13.9. The molecular formula is C18H13ClF2N2O5S2. The van der Waals surface area contributed by atoms with Crippen LogP contribution in [0.3, 0.4) is 0 Å². The predicted molar refractivity (Wildman–Crippen MR) is 108 cm³/mol. The molecule has 0 heterocycles. The molecule has 3 aromatic carbocycles. The Kier molecular flexibility index (Phi) is 5.88. The minimum absolute atomic E-state index is 0.145. The molecule has 0 unspecified atom stereocenters. The fourth-order valence-electron chi connectivity index (χ4n) is 2.47. The van der Waals surface area contributed by atoms with Gasteiger partial charge in [0.15, 0.2) is 4.90 Å². The second-order valence-corrected chi connectivity index (χ2v) is 9.69. The van der Waals surface area contributed by atoms with E-state index in [-0.39, 0.29) is 10.7 Å². The van der Waals surface area contributed by atoms with Gasteiger partial charge in [0, 0.05) is 5.02 Å².